The van der Waals surface area contributed by atoms with Gasteiger partial charge in [0.1, 0.15) is 5.00 Å². The van der Waals surface area contributed by atoms with E-state index in [1.807, 2.05) is 6.08 Å². The average molecular weight is 202 g/mol. The van der Waals surface area contributed by atoms with Gasteiger partial charge >= 0.3 is 5.97 Å². The van der Waals surface area contributed by atoms with Crippen LogP contribution in [-0.2, 0) is 9.53 Å². The quantitative estimate of drug-likeness (QED) is 0.417. The molecule has 0 aromatic rings. The molecule has 0 fully saturated rings. The Morgan fingerprint density at radius 3 is 3.08 bits per heavy atom. The van der Waals surface area contributed by atoms with Crippen LogP contribution < -0.4 is 5.73 Å². The van der Waals surface area contributed by atoms with Gasteiger partial charge in [0.15, 0.2) is 0 Å². The molecule has 1 unspecified atom stereocenters. The van der Waals surface area contributed by atoms with Crippen LogP contribution in [0.5, 0.6) is 0 Å². The highest BCUT2D eigenvalue weighted by Crippen LogP contribution is 2.26. The predicted octanol–water partition coefficient (Wildman–Crippen LogP) is 1.33. The first kappa shape index (κ1) is 10.3. The Kier molecular flexibility index (Phi) is 3.12. The minimum atomic E-state index is -0.849. The Morgan fingerprint density at radius 1 is 1.85 bits per heavy atom. The van der Waals surface area contributed by atoms with E-state index < -0.39 is 5.00 Å². The maximum Gasteiger partial charge on any atom is 0.309 e. The summed E-state index contributed by atoms with van der Waals surface area (Å²) in [5.41, 5.74) is 6.57. The lowest BCUT2D eigenvalue weighted by molar-refractivity contribution is -0.139. The predicted molar refractivity (Wildman–Crippen MR) is 51.2 cm³/mol. The number of carbonyl (C=O) groups is 1. The SMILES string of the molecule is COC(=O)CC1=CC=CC(N)(Cl)C1. The van der Waals surface area contributed by atoms with Crippen molar-refractivity contribution in [2.24, 2.45) is 5.73 Å². The first-order valence-corrected chi connectivity index (χ1v) is 4.33. The van der Waals surface area contributed by atoms with Crippen molar-refractivity contribution in [3.63, 3.8) is 0 Å². The van der Waals surface area contributed by atoms with Gasteiger partial charge in [0.25, 0.3) is 0 Å². The number of ether oxygens (including phenoxy) is 1. The molecule has 0 saturated carbocycles. The molecule has 1 aliphatic rings. The molecular weight excluding hydrogens is 190 g/mol. The highest BCUT2D eigenvalue weighted by atomic mass is 35.5. The molecule has 0 bridgehead atoms. The van der Waals surface area contributed by atoms with Gasteiger partial charge in [0, 0.05) is 6.42 Å². The van der Waals surface area contributed by atoms with Gasteiger partial charge in [-0.05, 0) is 6.08 Å². The summed E-state index contributed by atoms with van der Waals surface area (Å²) in [7, 11) is 1.36. The van der Waals surface area contributed by atoms with E-state index in [0.29, 0.717) is 6.42 Å². The number of carbonyl (C=O) groups excluding carboxylic acids is 1. The Morgan fingerprint density at radius 2 is 2.54 bits per heavy atom. The van der Waals surface area contributed by atoms with Gasteiger partial charge < -0.3 is 10.5 Å². The summed E-state index contributed by atoms with van der Waals surface area (Å²) in [5, 5.41) is 0. The second-order valence-corrected chi connectivity index (χ2v) is 3.74. The molecule has 1 rings (SSSR count). The number of allylic oxidation sites excluding steroid dienone is 2. The smallest absolute Gasteiger partial charge is 0.309 e. The zero-order chi connectivity index (χ0) is 9.90. The van der Waals surface area contributed by atoms with E-state index in [0.717, 1.165) is 5.57 Å². The van der Waals surface area contributed by atoms with Crippen molar-refractivity contribution in [3.05, 3.63) is 23.8 Å². The molecule has 3 nitrogen and oxygen atoms in total. The molecule has 0 radical (unpaired) electrons. The first-order chi connectivity index (χ1) is 6.03. The van der Waals surface area contributed by atoms with E-state index in [1.54, 1.807) is 12.2 Å². The van der Waals surface area contributed by atoms with Crippen LogP contribution in [0.25, 0.3) is 0 Å². The first-order valence-electron chi connectivity index (χ1n) is 3.95. The van der Waals surface area contributed by atoms with Gasteiger partial charge in [-0.3, -0.25) is 4.79 Å². The Balaban J connectivity index is 2.58. The second kappa shape index (κ2) is 3.94. The van der Waals surface area contributed by atoms with Crippen LogP contribution in [0.15, 0.2) is 23.8 Å². The molecule has 0 saturated heterocycles. The fourth-order valence-corrected chi connectivity index (χ4v) is 1.43. The molecule has 0 aromatic carbocycles. The van der Waals surface area contributed by atoms with Crippen molar-refractivity contribution in [2.75, 3.05) is 7.11 Å². The normalized spacial score (nSPS) is 26.8. The van der Waals surface area contributed by atoms with Crippen molar-refractivity contribution in [2.45, 2.75) is 17.8 Å². The van der Waals surface area contributed by atoms with E-state index in [-0.39, 0.29) is 12.4 Å². The van der Waals surface area contributed by atoms with Crippen LogP contribution in [0.1, 0.15) is 12.8 Å². The van der Waals surface area contributed by atoms with Gasteiger partial charge in [-0.15, -0.1) is 0 Å². The summed E-state index contributed by atoms with van der Waals surface area (Å²) < 4.78 is 4.53. The molecule has 0 aliphatic heterocycles. The van der Waals surface area contributed by atoms with E-state index in [9.17, 15) is 4.79 Å². The van der Waals surface area contributed by atoms with Crippen LogP contribution in [0.2, 0.25) is 0 Å². The maximum absolute atomic E-state index is 10.9. The molecule has 1 atom stereocenters. The summed E-state index contributed by atoms with van der Waals surface area (Å²) in [6.07, 6.45) is 6.04. The summed E-state index contributed by atoms with van der Waals surface area (Å²) in [4.78, 5) is 10.1. The van der Waals surface area contributed by atoms with Crippen LogP contribution in [0.4, 0.5) is 0 Å². The highest BCUT2D eigenvalue weighted by Gasteiger charge is 2.22. The van der Waals surface area contributed by atoms with Crippen LogP contribution in [-0.4, -0.2) is 18.1 Å². The zero-order valence-electron chi connectivity index (χ0n) is 7.42. The van der Waals surface area contributed by atoms with E-state index in [1.165, 1.54) is 7.11 Å². The van der Waals surface area contributed by atoms with Gasteiger partial charge in [-0.2, -0.15) is 0 Å². The molecular formula is C9H12ClNO2. The standard InChI is InChI=1S/C9H12ClNO2/c1-13-8(12)5-7-3-2-4-9(10,11)6-7/h2-4H,5-6,11H2,1H3. The molecule has 1 aliphatic carbocycles. The maximum atomic E-state index is 10.9. The molecule has 2 N–H and O–H groups in total. The van der Waals surface area contributed by atoms with Crippen molar-refractivity contribution in [3.8, 4) is 0 Å². The van der Waals surface area contributed by atoms with E-state index in [2.05, 4.69) is 4.74 Å². The topological polar surface area (TPSA) is 52.3 Å². The number of methoxy groups -OCH3 is 1. The largest absolute Gasteiger partial charge is 0.469 e. The van der Waals surface area contributed by atoms with Gasteiger partial charge in [0.2, 0.25) is 0 Å². The van der Waals surface area contributed by atoms with Crippen molar-refractivity contribution in [1.29, 1.82) is 0 Å². The molecule has 0 amide bonds. The fourth-order valence-electron chi connectivity index (χ4n) is 1.19. The van der Waals surface area contributed by atoms with Gasteiger partial charge in [0.05, 0.1) is 13.5 Å². The number of alkyl halides is 1. The van der Waals surface area contributed by atoms with Gasteiger partial charge in [-0.1, -0.05) is 29.3 Å². The third kappa shape index (κ3) is 3.20. The molecule has 0 spiro atoms. The molecule has 13 heavy (non-hydrogen) atoms. The number of hydrogen-bond acceptors (Lipinski definition) is 3. The number of hydrogen-bond donors (Lipinski definition) is 1. The summed E-state index contributed by atoms with van der Waals surface area (Å²) >= 11 is 5.89. The molecule has 72 valence electrons. The minimum absolute atomic E-state index is 0.256. The Bertz CT molecular complexity index is 269. The van der Waals surface area contributed by atoms with Crippen LogP contribution >= 0.6 is 11.6 Å². The molecule has 0 aromatic heterocycles. The lowest BCUT2D eigenvalue weighted by atomic mass is 9.98. The number of halogens is 1. The third-order valence-corrected chi connectivity index (χ3v) is 2.06. The highest BCUT2D eigenvalue weighted by molar-refractivity contribution is 6.25. The second-order valence-electron chi connectivity index (χ2n) is 3.04. The lowest BCUT2D eigenvalue weighted by Gasteiger charge is -2.21. The number of nitrogens with two attached hydrogens (primary N) is 1. The lowest BCUT2D eigenvalue weighted by Crippen LogP contribution is -2.32. The third-order valence-electron chi connectivity index (χ3n) is 1.80. The van der Waals surface area contributed by atoms with E-state index in [4.69, 9.17) is 17.3 Å². The Hall–Kier alpha value is -0.800. The monoisotopic (exact) mass is 201 g/mol. The van der Waals surface area contributed by atoms with Crippen molar-refractivity contribution < 1.29 is 9.53 Å². The van der Waals surface area contributed by atoms with Gasteiger partial charge in [-0.25, -0.2) is 0 Å². The minimum Gasteiger partial charge on any atom is -0.469 e. The average Bonchev–Trinajstić information content (AvgIpc) is 2.02. The Labute approximate surface area is 82.2 Å². The molecule has 4 heteroatoms. The molecule has 0 heterocycles. The zero-order valence-corrected chi connectivity index (χ0v) is 8.17. The number of esters is 1. The number of rotatable bonds is 2. The summed E-state index contributed by atoms with van der Waals surface area (Å²) in [6.45, 7) is 0. The van der Waals surface area contributed by atoms with Crippen LogP contribution in [0.3, 0.4) is 0 Å². The van der Waals surface area contributed by atoms with E-state index >= 15 is 0 Å². The van der Waals surface area contributed by atoms with Crippen molar-refractivity contribution in [1.82, 2.24) is 0 Å². The van der Waals surface area contributed by atoms with Crippen LogP contribution in [0, 0.1) is 0 Å². The summed E-state index contributed by atoms with van der Waals surface area (Å²) in [6, 6.07) is 0. The summed E-state index contributed by atoms with van der Waals surface area (Å²) in [5.74, 6) is -0.269. The van der Waals surface area contributed by atoms with Crippen molar-refractivity contribution >= 4 is 17.6 Å². The fraction of sp³-hybridized carbons (Fsp3) is 0.444.